The number of halogens is 1. The van der Waals surface area contributed by atoms with Crippen molar-refractivity contribution in [2.75, 3.05) is 12.8 Å². The van der Waals surface area contributed by atoms with E-state index in [9.17, 15) is 4.39 Å². The molecule has 2 heterocycles. The molecule has 2 rings (SSSR count). The Labute approximate surface area is 171 Å². The Morgan fingerprint density at radius 1 is 1.46 bits per heavy atom. The molecule has 152 valence electrons. The summed E-state index contributed by atoms with van der Waals surface area (Å²) in [7, 11) is 0. The summed E-state index contributed by atoms with van der Waals surface area (Å²) in [6.45, 7) is 11.8. The number of aromatic nitrogens is 3. The molecule has 0 radical (unpaired) electrons. The lowest BCUT2D eigenvalue weighted by molar-refractivity contribution is 0.612. The Bertz CT molecular complexity index is 758. The van der Waals surface area contributed by atoms with Crippen LogP contribution in [0.3, 0.4) is 0 Å². The zero-order chi connectivity index (χ0) is 21.4. The van der Waals surface area contributed by atoms with E-state index in [0.29, 0.717) is 12.1 Å². The first kappa shape index (κ1) is 25.3. The number of pyridine rings is 1. The summed E-state index contributed by atoms with van der Waals surface area (Å²) < 4.78 is 14.2. The van der Waals surface area contributed by atoms with E-state index in [4.69, 9.17) is 11.5 Å². The van der Waals surface area contributed by atoms with Crippen molar-refractivity contribution in [3.8, 4) is 0 Å². The molecule has 6 nitrogen and oxygen atoms in total. The van der Waals surface area contributed by atoms with Crippen LogP contribution in [0.2, 0.25) is 0 Å². The minimum absolute atomic E-state index is 0.243. The largest absolute Gasteiger partial charge is 0.402 e. The lowest BCUT2D eigenvalue weighted by Gasteiger charge is -2.03. The van der Waals surface area contributed by atoms with E-state index in [2.05, 4.69) is 28.3 Å². The van der Waals surface area contributed by atoms with Gasteiger partial charge in [-0.15, -0.1) is 11.8 Å². The molecule has 2 aromatic rings. The van der Waals surface area contributed by atoms with Crippen molar-refractivity contribution in [3.05, 3.63) is 71.4 Å². The molecule has 0 spiro atoms. The van der Waals surface area contributed by atoms with Crippen LogP contribution in [0.25, 0.3) is 12.2 Å². The maximum Gasteiger partial charge on any atom is 0.144 e. The first-order chi connectivity index (χ1) is 13.4. The molecule has 4 N–H and O–H groups in total. The number of hydrogen-bond acceptors (Lipinski definition) is 6. The Morgan fingerprint density at radius 3 is 2.57 bits per heavy atom. The molecule has 2 aromatic heterocycles. The van der Waals surface area contributed by atoms with Crippen molar-refractivity contribution >= 4 is 30.6 Å². The van der Waals surface area contributed by atoms with Gasteiger partial charge in [-0.2, -0.15) is 0 Å². The Hall–Kier alpha value is -2.71. The predicted molar refractivity (Wildman–Crippen MR) is 120 cm³/mol. The highest BCUT2D eigenvalue weighted by molar-refractivity contribution is 8.01. The van der Waals surface area contributed by atoms with Crippen LogP contribution in [-0.2, 0) is 6.54 Å². The van der Waals surface area contributed by atoms with E-state index in [-0.39, 0.29) is 5.82 Å². The predicted octanol–water partition coefficient (Wildman–Crippen LogP) is 3.85. The molecule has 28 heavy (non-hydrogen) atoms. The standard InChI is InChI=1S/C10H16N4.C6H6FN.C4H7NS/c1-3-9-10(6-8(2)12)14(5-4-11)7-13-9;1-5-2-3-8-4-6(5)7;1-5-3-4-6-2/h3,6-7H,1,4-5,11-12H2,2H3;2-4H,1H3;3-4H,1H2,2H3/b8-6+;;4-3-. The maximum atomic E-state index is 12.3. The minimum Gasteiger partial charge on any atom is -0.402 e. The van der Waals surface area contributed by atoms with Crippen molar-refractivity contribution < 1.29 is 4.39 Å². The number of aryl methyl sites for hydroxylation is 1. The monoisotopic (exact) mass is 404 g/mol. The van der Waals surface area contributed by atoms with Gasteiger partial charge in [-0.05, 0) is 56.0 Å². The molecule has 0 atom stereocenters. The molecule has 0 aliphatic rings. The number of aliphatic imine (C=N–C) groups is 1. The first-order valence-electron chi connectivity index (χ1n) is 8.42. The van der Waals surface area contributed by atoms with Gasteiger partial charge in [0.2, 0.25) is 0 Å². The normalized spacial score (nSPS) is 10.5. The van der Waals surface area contributed by atoms with E-state index < -0.39 is 0 Å². The SMILES string of the molecule is C=Cc1ncn(CCN)c1/C=C(\C)N.C=N/C=C\SC.Cc1ccncc1F. The molecule has 8 heteroatoms. The van der Waals surface area contributed by atoms with Crippen molar-refractivity contribution in [1.82, 2.24) is 14.5 Å². The number of nitrogens with two attached hydrogens (primary N) is 2. The minimum atomic E-state index is -0.243. The second-order valence-electron chi connectivity index (χ2n) is 5.42. The average molecular weight is 405 g/mol. The van der Waals surface area contributed by atoms with Gasteiger partial charge in [-0.25, -0.2) is 9.37 Å². The zero-order valence-corrected chi connectivity index (χ0v) is 17.5. The van der Waals surface area contributed by atoms with Gasteiger partial charge in [0.05, 0.1) is 23.9 Å². The molecule has 0 bridgehead atoms. The molecule has 0 aliphatic heterocycles. The maximum absolute atomic E-state index is 12.3. The summed E-state index contributed by atoms with van der Waals surface area (Å²) in [6, 6.07) is 1.63. The van der Waals surface area contributed by atoms with Crippen LogP contribution < -0.4 is 11.5 Å². The lowest BCUT2D eigenvalue weighted by Crippen LogP contribution is -2.10. The molecule has 0 fully saturated rings. The molecule has 0 aromatic carbocycles. The molecule has 0 saturated carbocycles. The Morgan fingerprint density at radius 2 is 2.18 bits per heavy atom. The number of thioether (sulfide) groups is 1. The van der Waals surface area contributed by atoms with Crippen LogP contribution in [0.15, 0.2) is 53.7 Å². The number of hydrogen-bond donors (Lipinski definition) is 2. The molecular formula is C20H29FN6S. The van der Waals surface area contributed by atoms with Gasteiger partial charge >= 0.3 is 0 Å². The van der Waals surface area contributed by atoms with Gasteiger partial charge in [0.1, 0.15) is 5.82 Å². The van der Waals surface area contributed by atoms with Gasteiger partial charge in [-0.3, -0.25) is 9.98 Å². The van der Waals surface area contributed by atoms with E-state index in [1.165, 1.54) is 6.20 Å². The number of allylic oxidation sites excluding steroid dienone is 1. The molecule has 0 unspecified atom stereocenters. The van der Waals surface area contributed by atoms with Crippen LogP contribution in [0, 0.1) is 12.7 Å². The smallest absolute Gasteiger partial charge is 0.144 e. The highest BCUT2D eigenvalue weighted by Gasteiger charge is 2.04. The van der Waals surface area contributed by atoms with E-state index >= 15 is 0 Å². The van der Waals surface area contributed by atoms with E-state index in [1.807, 2.05) is 29.2 Å². The van der Waals surface area contributed by atoms with Gasteiger partial charge in [0.25, 0.3) is 0 Å². The summed E-state index contributed by atoms with van der Waals surface area (Å²) in [5.41, 5.74) is 14.3. The lowest BCUT2D eigenvalue weighted by atomic mass is 10.2. The molecule has 0 saturated heterocycles. The highest BCUT2D eigenvalue weighted by atomic mass is 32.2. The molecule has 0 aliphatic carbocycles. The zero-order valence-electron chi connectivity index (χ0n) is 16.7. The van der Waals surface area contributed by atoms with E-state index in [0.717, 1.165) is 23.6 Å². The Balaban J connectivity index is 0.000000439. The average Bonchev–Trinajstić information content (AvgIpc) is 3.05. The van der Waals surface area contributed by atoms with Crippen LogP contribution in [-0.4, -0.2) is 34.1 Å². The quantitative estimate of drug-likeness (QED) is 0.713. The molecular weight excluding hydrogens is 375 g/mol. The first-order valence-corrected chi connectivity index (χ1v) is 9.71. The highest BCUT2D eigenvalue weighted by Crippen LogP contribution is 2.12. The number of imidazole rings is 1. The second kappa shape index (κ2) is 15.4. The van der Waals surface area contributed by atoms with Gasteiger partial charge in [0, 0.05) is 31.2 Å². The van der Waals surface area contributed by atoms with Crippen molar-refractivity contribution in [2.24, 2.45) is 16.5 Å². The van der Waals surface area contributed by atoms with Crippen LogP contribution in [0.1, 0.15) is 23.9 Å². The fraction of sp³-hybridized carbons (Fsp3) is 0.250. The summed E-state index contributed by atoms with van der Waals surface area (Å²) in [6.07, 6.45) is 11.7. The van der Waals surface area contributed by atoms with Crippen molar-refractivity contribution in [3.63, 3.8) is 0 Å². The Kier molecular flexibility index (Phi) is 13.9. The fourth-order valence-electron chi connectivity index (χ4n) is 1.80. The number of nitrogens with zero attached hydrogens (tertiary/aromatic N) is 4. The van der Waals surface area contributed by atoms with Crippen LogP contribution in [0.5, 0.6) is 0 Å². The van der Waals surface area contributed by atoms with E-state index in [1.54, 1.807) is 49.6 Å². The fourth-order valence-corrected chi connectivity index (χ4v) is 2.01. The second-order valence-corrected chi connectivity index (χ2v) is 6.16. The summed E-state index contributed by atoms with van der Waals surface area (Å²) in [5.74, 6) is -0.243. The van der Waals surface area contributed by atoms with Gasteiger partial charge < -0.3 is 16.0 Å². The third kappa shape index (κ3) is 10.4. The van der Waals surface area contributed by atoms with Crippen LogP contribution >= 0.6 is 11.8 Å². The summed E-state index contributed by atoms with van der Waals surface area (Å²) in [4.78, 5) is 11.2. The van der Waals surface area contributed by atoms with Crippen LogP contribution in [0.4, 0.5) is 4.39 Å². The van der Waals surface area contributed by atoms with Gasteiger partial charge in [-0.1, -0.05) is 6.58 Å². The third-order valence-electron chi connectivity index (χ3n) is 3.11. The molecule has 0 amide bonds. The van der Waals surface area contributed by atoms with Gasteiger partial charge in [0.15, 0.2) is 0 Å². The topological polar surface area (TPSA) is 95.1 Å². The number of rotatable bonds is 6. The summed E-state index contributed by atoms with van der Waals surface area (Å²) >= 11 is 1.61. The summed E-state index contributed by atoms with van der Waals surface area (Å²) in [5, 5.41) is 1.87. The third-order valence-corrected chi connectivity index (χ3v) is 3.51. The van der Waals surface area contributed by atoms with Crippen molar-refractivity contribution in [2.45, 2.75) is 20.4 Å². The van der Waals surface area contributed by atoms with Crippen molar-refractivity contribution in [1.29, 1.82) is 0 Å².